The van der Waals surface area contributed by atoms with Gasteiger partial charge in [0, 0.05) is 6.04 Å². The summed E-state index contributed by atoms with van der Waals surface area (Å²) in [6.07, 6.45) is 5.68. The van der Waals surface area contributed by atoms with Crippen LogP contribution in [0.2, 0.25) is 0 Å². The van der Waals surface area contributed by atoms with Crippen molar-refractivity contribution in [3.8, 4) is 6.19 Å². The molecule has 1 rings (SSSR count). The Morgan fingerprint density at radius 1 is 1.18 bits per heavy atom. The van der Waals surface area contributed by atoms with Crippen molar-refractivity contribution in [3.63, 3.8) is 0 Å². The lowest BCUT2D eigenvalue weighted by Gasteiger charge is -2.30. The molecule has 0 aromatic carbocycles. The van der Waals surface area contributed by atoms with E-state index in [1.165, 1.54) is 6.42 Å². The molecule has 62 valence electrons. The van der Waals surface area contributed by atoms with Crippen LogP contribution in [0.3, 0.4) is 0 Å². The summed E-state index contributed by atoms with van der Waals surface area (Å²) in [6, 6.07) is 0.443. The van der Waals surface area contributed by atoms with Gasteiger partial charge in [-0.15, -0.1) is 0 Å². The molecule has 1 fully saturated rings. The zero-order chi connectivity index (χ0) is 8.27. The third kappa shape index (κ3) is 2.42. The summed E-state index contributed by atoms with van der Waals surface area (Å²) in [4.78, 5) is 0. The Labute approximate surface area is 68.6 Å². The van der Waals surface area contributed by atoms with Gasteiger partial charge < -0.3 is 5.32 Å². The average Bonchev–Trinajstić information content (AvgIpc) is 1.85. The Kier molecular flexibility index (Phi) is 2.76. The van der Waals surface area contributed by atoms with Crippen LogP contribution >= 0.6 is 0 Å². The first-order valence-electron chi connectivity index (χ1n) is 4.37. The molecule has 0 aromatic heterocycles. The molecule has 2 atom stereocenters. The Hall–Kier alpha value is -0.710. The molecule has 1 N–H and O–H groups in total. The van der Waals surface area contributed by atoms with Crippen molar-refractivity contribution in [2.24, 2.45) is 11.8 Å². The standard InChI is InChI=1S/C9H16N2/c1-7-3-8(2)5-9(4-7)11-6-10/h7-9,11H,3-5H2,1-2H3. The summed E-state index contributed by atoms with van der Waals surface area (Å²) in [5.41, 5.74) is 0. The normalized spacial score (nSPS) is 37.7. The van der Waals surface area contributed by atoms with Crippen LogP contribution in [0.1, 0.15) is 33.1 Å². The SMILES string of the molecule is CC1CC(C)CC(NC#N)C1. The molecule has 1 saturated carbocycles. The first kappa shape index (κ1) is 8.39. The van der Waals surface area contributed by atoms with Gasteiger partial charge in [0.2, 0.25) is 0 Å². The lowest BCUT2D eigenvalue weighted by molar-refractivity contribution is 0.253. The summed E-state index contributed by atoms with van der Waals surface area (Å²) < 4.78 is 0. The number of nitrogens with one attached hydrogen (secondary N) is 1. The van der Waals surface area contributed by atoms with E-state index in [1.807, 2.05) is 6.19 Å². The molecule has 0 spiro atoms. The van der Waals surface area contributed by atoms with Gasteiger partial charge in [-0.3, -0.25) is 0 Å². The van der Waals surface area contributed by atoms with Crippen molar-refractivity contribution in [2.75, 3.05) is 0 Å². The molecule has 0 bridgehead atoms. The largest absolute Gasteiger partial charge is 0.321 e. The van der Waals surface area contributed by atoms with Crippen LogP contribution in [0.15, 0.2) is 0 Å². The van der Waals surface area contributed by atoms with E-state index in [0.29, 0.717) is 6.04 Å². The number of hydrogen-bond acceptors (Lipinski definition) is 2. The highest BCUT2D eigenvalue weighted by Crippen LogP contribution is 2.28. The van der Waals surface area contributed by atoms with Crippen molar-refractivity contribution >= 4 is 0 Å². The van der Waals surface area contributed by atoms with E-state index in [1.54, 1.807) is 0 Å². The van der Waals surface area contributed by atoms with Crippen molar-refractivity contribution in [2.45, 2.75) is 39.2 Å². The molecule has 0 heterocycles. The lowest BCUT2D eigenvalue weighted by atomic mass is 9.80. The van der Waals surface area contributed by atoms with E-state index in [-0.39, 0.29) is 0 Å². The van der Waals surface area contributed by atoms with Gasteiger partial charge in [-0.1, -0.05) is 13.8 Å². The van der Waals surface area contributed by atoms with E-state index in [0.717, 1.165) is 24.7 Å². The molecule has 2 nitrogen and oxygen atoms in total. The van der Waals surface area contributed by atoms with Crippen LogP contribution in [0.4, 0.5) is 0 Å². The first-order valence-corrected chi connectivity index (χ1v) is 4.37. The second-order valence-corrected chi connectivity index (χ2v) is 3.87. The van der Waals surface area contributed by atoms with E-state index >= 15 is 0 Å². The van der Waals surface area contributed by atoms with Gasteiger partial charge in [-0.2, -0.15) is 5.26 Å². The average molecular weight is 152 g/mol. The van der Waals surface area contributed by atoms with Crippen LogP contribution in [0.5, 0.6) is 0 Å². The molecule has 1 aliphatic rings. The highest BCUT2D eigenvalue weighted by molar-refractivity contribution is 4.83. The van der Waals surface area contributed by atoms with Gasteiger partial charge in [-0.25, -0.2) is 0 Å². The van der Waals surface area contributed by atoms with Crippen LogP contribution in [0, 0.1) is 23.3 Å². The molecule has 11 heavy (non-hydrogen) atoms. The Bertz CT molecular complexity index is 149. The molecule has 2 unspecified atom stereocenters. The number of nitriles is 1. The predicted octanol–water partition coefficient (Wildman–Crippen LogP) is 1.88. The fourth-order valence-electron chi connectivity index (χ4n) is 2.16. The fourth-order valence-corrected chi connectivity index (χ4v) is 2.16. The lowest BCUT2D eigenvalue weighted by Crippen LogP contribution is -2.33. The summed E-state index contributed by atoms with van der Waals surface area (Å²) in [6.45, 7) is 4.53. The first-order chi connectivity index (χ1) is 5.22. The van der Waals surface area contributed by atoms with Crippen LogP contribution < -0.4 is 5.32 Å². The minimum Gasteiger partial charge on any atom is -0.321 e. The van der Waals surface area contributed by atoms with Crippen molar-refractivity contribution in [3.05, 3.63) is 0 Å². The van der Waals surface area contributed by atoms with Gasteiger partial charge >= 0.3 is 0 Å². The Morgan fingerprint density at radius 2 is 1.73 bits per heavy atom. The highest BCUT2D eigenvalue weighted by Gasteiger charge is 2.22. The molecule has 0 saturated heterocycles. The van der Waals surface area contributed by atoms with E-state index in [2.05, 4.69) is 19.2 Å². The van der Waals surface area contributed by atoms with Gasteiger partial charge in [0.1, 0.15) is 0 Å². The van der Waals surface area contributed by atoms with Crippen LogP contribution in [-0.4, -0.2) is 6.04 Å². The topological polar surface area (TPSA) is 35.8 Å². The van der Waals surface area contributed by atoms with Gasteiger partial charge in [0.05, 0.1) is 0 Å². The number of rotatable bonds is 1. The monoisotopic (exact) mass is 152 g/mol. The van der Waals surface area contributed by atoms with E-state index in [9.17, 15) is 0 Å². The summed E-state index contributed by atoms with van der Waals surface area (Å²) >= 11 is 0. The minimum absolute atomic E-state index is 0.443. The molecule has 1 aliphatic carbocycles. The molecular weight excluding hydrogens is 136 g/mol. The maximum atomic E-state index is 8.43. The summed E-state index contributed by atoms with van der Waals surface area (Å²) in [5.74, 6) is 1.56. The third-order valence-electron chi connectivity index (χ3n) is 2.45. The molecule has 0 radical (unpaired) electrons. The minimum atomic E-state index is 0.443. The van der Waals surface area contributed by atoms with Gasteiger partial charge in [0.15, 0.2) is 6.19 Å². The highest BCUT2D eigenvalue weighted by atomic mass is 14.9. The van der Waals surface area contributed by atoms with Gasteiger partial charge in [0.25, 0.3) is 0 Å². The Balaban J connectivity index is 2.38. The zero-order valence-electron chi connectivity index (χ0n) is 7.30. The maximum absolute atomic E-state index is 8.43. The number of nitrogens with zero attached hydrogens (tertiary/aromatic N) is 1. The molecule has 2 heteroatoms. The predicted molar refractivity (Wildman–Crippen MR) is 44.7 cm³/mol. The summed E-state index contributed by atoms with van der Waals surface area (Å²) in [7, 11) is 0. The molecule has 0 aliphatic heterocycles. The number of hydrogen-bond donors (Lipinski definition) is 1. The fraction of sp³-hybridized carbons (Fsp3) is 0.889. The zero-order valence-corrected chi connectivity index (χ0v) is 7.30. The molecule has 0 aromatic rings. The quantitative estimate of drug-likeness (QED) is 0.460. The molecular formula is C9H16N2. The van der Waals surface area contributed by atoms with Crippen LogP contribution in [-0.2, 0) is 0 Å². The smallest absolute Gasteiger partial charge is 0.176 e. The third-order valence-corrected chi connectivity index (χ3v) is 2.45. The maximum Gasteiger partial charge on any atom is 0.176 e. The summed E-state index contributed by atoms with van der Waals surface area (Å²) in [5, 5.41) is 11.3. The van der Waals surface area contributed by atoms with Crippen molar-refractivity contribution in [1.29, 1.82) is 5.26 Å². The van der Waals surface area contributed by atoms with Crippen molar-refractivity contribution < 1.29 is 0 Å². The van der Waals surface area contributed by atoms with Gasteiger partial charge in [-0.05, 0) is 31.1 Å². The van der Waals surface area contributed by atoms with Crippen LogP contribution in [0.25, 0.3) is 0 Å². The second kappa shape index (κ2) is 3.61. The second-order valence-electron chi connectivity index (χ2n) is 3.87. The van der Waals surface area contributed by atoms with E-state index in [4.69, 9.17) is 5.26 Å². The molecule has 0 amide bonds. The van der Waals surface area contributed by atoms with E-state index < -0.39 is 0 Å². The Morgan fingerprint density at radius 3 is 2.18 bits per heavy atom. The van der Waals surface area contributed by atoms with Crippen molar-refractivity contribution in [1.82, 2.24) is 5.32 Å².